The number of ether oxygens (including phenoxy) is 2. The van der Waals surface area contributed by atoms with Crippen molar-refractivity contribution in [1.29, 1.82) is 0 Å². The van der Waals surface area contributed by atoms with Crippen molar-refractivity contribution in [3.05, 3.63) is 0 Å². The quantitative estimate of drug-likeness (QED) is 0.721. The van der Waals surface area contributed by atoms with Crippen molar-refractivity contribution in [1.82, 2.24) is 0 Å². The molecule has 1 aliphatic rings. The van der Waals surface area contributed by atoms with Crippen LogP contribution in [0.1, 0.15) is 39.5 Å². The Morgan fingerprint density at radius 2 is 2.27 bits per heavy atom. The largest absolute Gasteiger partial charge is 0.390 e. The van der Waals surface area contributed by atoms with Crippen molar-refractivity contribution in [2.45, 2.75) is 64.1 Å². The normalized spacial score (nSPS) is 31.2. The van der Waals surface area contributed by atoms with E-state index in [4.69, 9.17) is 15.2 Å². The second-order valence-electron chi connectivity index (χ2n) is 4.17. The van der Waals surface area contributed by atoms with E-state index in [1.165, 1.54) is 0 Å². The number of aliphatic hydroxyl groups is 1. The Balaban J connectivity index is 2.31. The molecule has 1 fully saturated rings. The lowest BCUT2D eigenvalue weighted by molar-refractivity contribution is -0.223. The van der Waals surface area contributed by atoms with Gasteiger partial charge < -0.3 is 20.3 Å². The van der Waals surface area contributed by atoms with Crippen LogP contribution in [-0.2, 0) is 9.47 Å². The summed E-state index contributed by atoms with van der Waals surface area (Å²) in [4.78, 5) is 0. The smallest absolute Gasteiger partial charge is 0.158 e. The first kappa shape index (κ1) is 12.9. The lowest BCUT2D eigenvalue weighted by atomic mass is 10.1. The van der Waals surface area contributed by atoms with E-state index >= 15 is 0 Å². The summed E-state index contributed by atoms with van der Waals surface area (Å²) >= 11 is 0. The highest BCUT2D eigenvalue weighted by molar-refractivity contribution is 4.69. The van der Waals surface area contributed by atoms with Gasteiger partial charge in [-0.05, 0) is 32.6 Å². The van der Waals surface area contributed by atoms with Gasteiger partial charge in [0.15, 0.2) is 6.29 Å². The van der Waals surface area contributed by atoms with Crippen LogP contribution >= 0.6 is 0 Å². The molecule has 15 heavy (non-hydrogen) atoms. The summed E-state index contributed by atoms with van der Waals surface area (Å²) < 4.78 is 11.3. The third-order valence-corrected chi connectivity index (χ3v) is 2.90. The van der Waals surface area contributed by atoms with E-state index < -0.39 is 6.10 Å². The van der Waals surface area contributed by atoms with Crippen LogP contribution in [0.4, 0.5) is 0 Å². The molecule has 1 rings (SSSR count). The first-order valence-corrected chi connectivity index (χ1v) is 5.86. The summed E-state index contributed by atoms with van der Waals surface area (Å²) in [5.41, 5.74) is 5.55. The van der Waals surface area contributed by atoms with E-state index in [0.29, 0.717) is 13.0 Å². The van der Waals surface area contributed by atoms with Gasteiger partial charge in [0.1, 0.15) is 0 Å². The van der Waals surface area contributed by atoms with Crippen LogP contribution < -0.4 is 5.73 Å². The predicted octanol–water partition coefficient (Wildman–Crippen LogP) is 1.02. The highest BCUT2D eigenvalue weighted by atomic mass is 16.7. The second-order valence-corrected chi connectivity index (χ2v) is 4.17. The number of hydrogen-bond acceptors (Lipinski definition) is 4. The molecule has 4 heteroatoms. The zero-order valence-electron chi connectivity index (χ0n) is 9.69. The molecule has 1 aliphatic heterocycles. The van der Waals surface area contributed by atoms with Gasteiger partial charge in [0.25, 0.3) is 0 Å². The monoisotopic (exact) mass is 217 g/mol. The minimum absolute atomic E-state index is 0.120. The van der Waals surface area contributed by atoms with Crippen molar-refractivity contribution >= 4 is 0 Å². The summed E-state index contributed by atoms with van der Waals surface area (Å²) in [6, 6.07) is 0. The summed E-state index contributed by atoms with van der Waals surface area (Å²) in [5, 5.41) is 9.57. The Hall–Kier alpha value is -0.160. The Morgan fingerprint density at radius 1 is 1.53 bits per heavy atom. The third-order valence-electron chi connectivity index (χ3n) is 2.90. The van der Waals surface area contributed by atoms with Crippen molar-refractivity contribution < 1.29 is 14.6 Å². The minimum Gasteiger partial charge on any atom is -0.390 e. The van der Waals surface area contributed by atoms with Gasteiger partial charge in [-0.2, -0.15) is 0 Å². The molecule has 0 spiro atoms. The van der Waals surface area contributed by atoms with E-state index in [1.54, 1.807) is 0 Å². The van der Waals surface area contributed by atoms with Gasteiger partial charge in [-0.1, -0.05) is 6.92 Å². The van der Waals surface area contributed by atoms with Gasteiger partial charge in [-0.3, -0.25) is 0 Å². The predicted molar refractivity (Wildman–Crippen MR) is 58.4 cm³/mol. The van der Waals surface area contributed by atoms with Crippen molar-refractivity contribution in [2.75, 3.05) is 6.54 Å². The molecular weight excluding hydrogens is 194 g/mol. The average molecular weight is 217 g/mol. The zero-order chi connectivity index (χ0) is 11.3. The molecule has 0 aromatic heterocycles. The van der Waals surface area contributed by atoms with Gasteiger partial charge in [0.05, 0.1) is 18.3 Å². The molecule has 1 heterocycles. The molecule has 0 bridgehead atoms. The van der Waals surface area contributed by atoms with Crippen LogP contribution in [0.25, 0.3) is 0 Å². The molecule has 4 nitrogen and oxygen atoms in total. The minimum atomic E-state index is -0.410. The molecule has 4 atom stereocenters. The molecule has 90 valence electrons. The fourth-order valence-corrected chi connectivity index (χ4v) is 1.80. The van der Waals surface area contributed by atoms with Crippen molar-refractivity contribution in [3.8, 4) is 0 Å². The van der Waals surface area contributed by atoms with E-state index in [-0.39, 0.29) is 18.5 Å². The second kappa shape index (κ2) is 6.43. The summed E-state index contributed by atoms with van der Waals surface area (Å²) in [6.07, 6.45) is 3.05. The van der Waals surface area contributed by atoms with Crippen molar-refractivity contribution in [3.63, 3.8) is 0 Å². The SMILES string of the molecule is CCC(O)[C@@H](C)O[C@@H]1CCCC(CN)O1. The summed E-state index contributed by atoms with van der Waals surface area (Å²) in [7, 11) is 0. The maximum Gasteiger partial charge on any atom is 0.158 e. The first-order valence-electron chi connectivity index (χ1n) is 5.86. The van der Waals surface area contributed by atoms with Gasteiger partial charge in [-0.15, -0.1) is 0 Å². The molecule has 0 aromatic rings. The Bertz CT molecular complexity index is 177. The van der Waals surface area contributed by atoms with Gasteiger partial charge >= 0.3 is 0 Å². The number of aliphatic hydroxyl groups excluding tert-OH is 1. The summed E-state index contributed by atoms with van der Waals surface area (Å²) in [5.74, 6) is 0. The zero-order valence-corrected chi connectivity index (χ0v) is 9.69. The van der Waals surface area contributed by atoms with Crippen molar-refractivity contribution in [2.24, 2.45) is 5.73 Å². The number of nitrogens with two attached hydrogens (primary N) is 1. The molecule has 0 radical (unpaired) electrons. The first-order chi connectivity index (χ1) is 7.17. The molecule has 0 aliphatic carbocycles. The van der Waals surface area contributed by atoms with Crippen LogP contribution in [0.2, 0.25) is 0 Å². The molecule has 2 unspecified atom stereocenters. The topological polar surface area (TPSA) is 64.7 Å². The van der Waals surface area contributed by atoms with E-state index in [2.05, 4.69) is 0 Å². The molecular formula is C11H23NO3. The molecule has 0 aromatic carbocycles. The standard InChI is InChI=1S/C11H23NO3/c1-3-10(13)8(2)14-11-6-4-5-9(7-12)15-11/h8-11,13H,3-7,12H2,1-2H3/t8-,9?,10?,11+/m1/s1. The highest BCUT2D eigenvalue weighted by Crippen LogP contribution is 2.21. The lowest BCUT2D eigenvalue weighted by Crippen LogP contribution is -2.38. The Kier molecular flexibility index (Phi) is 5.53. The van der Waals surface area contributed by atoms with Gasteiger partial charge in [-0.25, -0.2) is 0 Å². The van der Waals surface area contributed by atoms with E-state index in [9.17, 15) is 5.11 Å². The molecule has 1 saturated heterocycles. The average Bonchev–Trinajstić information content (AvgIpc) is 2.28. The van der Waals surface area contributed by atoms with Crippen LogP contribution in [-0.4, -0.2) is 36.3 Å². The number of rotatable bonds is 5. The highest BCUT2D eigenvalue weighted by Gasteiger charge is 2.25. The van der Waals surface area contributed by atoms with Crippen LogP contribution in [0, 0.1) is 0 Å². The maximum absolute atomic E-state index is 9.57. The van der Waals surface area contributed by atoms with Gasteiger partial charge in [0, 0.05) is 6.54 Å². The lowest BCUT2D eigenvalue weighted by Gasteiger charge is -2.32. The Labute approximate surface area is 91.7 Å². The molecule has 0 saturated carbocycles. The molecule has 0 amide bonds. The Morgan fingerprint density at radius 3 is 2.87 bits per heavy atom. The number of hydrogen-bond donors (Lipinski definition) is 2. The fraction of sp³-hybridized carbons (Fsp3) is 1.00. The van der Waals surface area contributed by atoms with Crippen LogP contribution in [0.3, 0.4) is 0 Å². The third kappa shape index (κ3) is 4.07. The van der Waals surface area contributed by atoms with E-state index in [1.807, 2.05) is 13.8 Å². The van der Waals surface area contributed by atoms with Crippen LogP contribution in [0.15, 0.2) is 0 Å². The summed E-state index contributed by atoms with van der Waals surface area (Å²) in [6.45, 7) is 4.36. The maximum atomic E-state index is 9.57. The van der Waals surface area contributed by atoms with Crippen LogP contribution in [0.5, 0.6) is 0 Å². The molecule has 3 N–H and O–H groups in total. The van der Waals surface area contributed by atoms with Gasteiger partial charge in [0.2, 0.25) is 0 Å². The van der Waals surface area contributed by atoms with E-state index in [0.717, 1.165) is 19.3 Å². The fourth-order valence-electron chi connectivity index (χ4n) is 1.80.